The summed E-state index contributed by atoms with van der Waals surface area (Å²) in [6.07, 6.45) is 3.35. The summed E-state index contributed by atoms with van der Waals surface area (Å²) in [5, 5.41) is 6.33. The summed E-state index contributed by atoms with van der Waals surface area (Å²) < 4.78 is 0. The number of thiazole rings is 1. The lowest BCUT2D eigenvalue weighted by atomic mass is 10.1. The van der Waals surface area contributed by atoms with Crippen molar-refractivity contribution in [3.05, 3.63) is 77.4 Å². The van der Waals surface area contributed by atoms with Crippen LogP contribution in [0.4, 0.5) is 0 Å². The summed E-state index contributed by atoms with van der Waals surface area (Å²) in [4.78, 5) is 31.9. The fraction of sp³-hybridized carbons (Fsp3) is 0.0500. The molecule has 0 spiro atoms. The van der Waals surface area contributed by atoms with E-state index in [4.69, 9.17) is 0 Å². The second-order valence-corrected chi connectivity index (χ2v) is 6.69. The number of aromatic amines is 1. The molecule has 2 heterocycles. The van der Waals surface area contributed by atoms with Gasteiger partial charge in [0.05, 0.1) is 5.56 Å². The lowest BCUT2D eigenvalue weighted by Crippen LogP contribution is -2.30. The van der Waals surface area contributed by atoms with Gasteiger partial charge in [0.25, 0.3) is 11.7 Å². The van der Waals surface area contributed by atoms with Crippen molar-refractivity contribution in [2.75, 3.05) is 0 Å². The van der Waals surface area contributed by atoms with E-state index in [1.807, 2.05) is 53.9 Å². The third kappa shape index (κ3) is 3.14. The molecule has 0 radical (unpaired) electrons. The van der Waals surface area contributed by atoms with Crippen LogP contribution in [0.5, 0.6) is 0 Å². The zero-order valence-electron chi connectivity index (χ0n) is 13.7. The number of nitrogens with one attached hydrogen (secondary N) is 2. The van der Waals surface area contributed by atoms with Gasteiger partial charge in [-0.3, -0.25) is 9.59 Å². The van der Waals surface area contributed by atoms with E-state index in [0.717, 1.165) is 27.0 Å². The second-order valence-electron chi connectivity index (χ2n) is 5.79. The van der Waals surface area contributed by atoms with E-state index in [0.29, 0.717) is 12.1 Å². The second kappa shape index (κ2) is 6.93. The fourth-order valence-electron chi connectivity index (χ4n) is 2.78. The molecule has 2 N–H and O–H groups in total. The summed E-state index contributed by atoms with van der Waals surface area (Å²) in [6, 6.07) is 15.2. The van der Waals surface area contributed by atoms with E-state index < -0.39 is 11.7 Å². The highest BCUT2D eigenvalue weighted by Gasteiger charge is 2.19. The minimum atomic E-state index is -0.612. The molecule has 0 unspecified atom stereocenters. The maximum absolute atomic E-state index is 12.4. The minimum Gasteiger partial charge on any atom is -0.360 e. The molecule has 0 saturated carbocycles. The predicted molar refractivity (Wildman–Crippen MR) is 102 cm³/mol. The van der Waals surface area contributed by atoms with E-state index in [-0.39, 0.29) is 0 Å². The van der Waals surface area contributed by atoms with Crippen LogP contribution < -0.4 is 5.32 Å². The molecule has 0 aliphatic heterocycles. The van der Waals surface area contributed by atoms with Gasteiger partial charge in [-0.2, -0.15) is 0 Å². The molecule has 2 aromatic heterocycles. The first-order valence-corrected chi connectivity index (χ1v) is 8.98. The van der Waals surface area contributed by atoms with Crippen LogP contribution in [0.3, 0.4) is 0 Å². The standard InChI is InChI=1S/C20H15N3O2S/c24-18(16-12-22-17-4-2-1-3-15(16)17)19(25)23-11-13-5-7-14(8-6-13)20-21-9-10-26-20/h1-10,12,22H,11H2,(H,23,25). The number of H-pyrrole nitrogens is 1. The van der Waals surface area contributed by atoms with Gasteiger partial charge in [0.15, 0.2) is 0 Å². The molecule has 0 aliphatic rings. The number of nitrogens with zero attached hydrogens (tertiary/aromatic N) is 1. The first kappa shape index (κ1) is 16.2. The number of Topliss-reactive ketones (excluding diaryl/α,β-unsaturated/α-hetero) is 1. The van der Waals surface area contributed by atoms with Crippen LogP contribution in [0.1, 0.15) is 15.9 Å². The number of carbonyl (C=O) groups excluding carboxylic acids is 2. The van der Waals surface area contributed by atoms with E-state index in [2.05, 4.69) is 15.3 Å². The molecule has 0 bridgehead atoms. The third-order valence-corrected chi connectivity index (χ3v) is 4.95. The molecular weight excluding hydrogens is 346 g/mol. The number of benzene rings is 2. The number of rotatable bonds is 5. The van der Waals surface area contributed by atoms with Gasteiger partial charge in [-0.1, -0.05) is 42.5 Å². The molecule has 128 valence electrons. The van der Waals surface area contributed by atoms with Gasteiger partial charge in [0.2, 0.25) is 0 Å². The molecule has 4 rings (SSSR count). The van der Waals surface area contributed by atoms with Crippen molar-refractivity contribution >= 4 is 33.9 Å². The van der Waals surface area contributed by atoms with Crippen LogP contribution in [0.25, 0.3) is 21.5 Å². The average Bonchev–Trinajstić information content (AvgIpc) is 3.36. The van der Waals surface area contributed by atoms with Crippen LogP contribution in [-0.4, -0.2) is 21.7 Å². The Morgan fingerprint density at radius 3 is 2.65 bits per heavy atom. The molecule has 0 saturated heterocycles. The predicted octanol–water partition coefficient (Wildman–Crippen LogP) is 3.79. The topological polar surface area (TPSA) is 74.8 Å². The number of fused-ring (bicyclic) bond motifs is 1. The molecule has 1 amide bonds. The molecule has 0 aliphatic carbocycles. The maximum atomic E-state index is 12.4. The Balaban J connectivity index is 1.43. The smallest absolute Gasteiger partial charge is 0.292 e. The lowest BCUT2D eigenvalue weighted by molar-refractivity contribution is -0.117. The zero-order chi connectivity index (χ0) is 17.9. The molecule has 5 nitrogen and oxygen atoms in total. The number of hydrogen-bond donors (Lipinski definition) is 2. The van der Waals surface area contributed by atoms with Crippen molar-refractivity contribution in [1.29, 1.82) is 0 Å². The number of carbonyl (C=O) groups is 2. The van der Waals surface area contributed by atoms with Gasteiger partial charge in [0.1, 0.15) is 5.01 Å². The van der Waals surface area contributed by atoms with Gasteiger partial charge < -0.3 is 10.3 Å². The van der Waals surface area contributed by atoms with Crippen molar-refractivity contribution in [2.45, 2.75) is 6.54 Å². The average molecular weight is 361 g/mol. The van der Waals surface area contributed by atoms with Gasteiger partial charge in [0, 0.05) is 40.8 Å². The zero-order valence-corrected chi connectivity index (χ0v) is 14.5. The van der Waals surface area contributed by atoms with Crippen molar-refractivity contribution in [2.24, 2.45) is 0 Å². The Hall–Kier alpha value is -3.25. The van der Waals surface area contributed by atoms with Gasteiger partial charge in [-0.05, 0) is 11.6 Å². The van der Waals surface area contributed by atoms with E-state index in [1.165, 1.54) is 0 Å². The van der Waals surface area contributed by atoms with Crippen LogP contribution in [0, 0.1) is 0 Å². The monoisotopic (exact) mass is 361 g/mol. The largest absolute Gasteiger partial charge is 0.360 e. The highest BCUT2D eigenvalue weighted by molar-refractivity contribution is 7.13. The number of amides is 1. The molecule has 2 aromatic carbocycles. The molecule has 0 atom stereocenters. The molecule has 0 fully saturated rings. The van der Waals surface area contributed by atoms with Gasteiger partial charge in [-0.15, -0.1) is 11.3 Å². The Morgan fingerprint density at radius 1 is 1.08 bits per heavy atom. The van der Waals surface area contributed by atoms with Crippen LogP contribution in [-0.2, 0) is 11.3 Å². The van der Waals surface area contributed by atoms with Crippen molar-refractivity contribution in [3.8, 4) is 10.6 Å². The summed E-state index contributed by atoms with van der Waals surface area (Å²) >= 11 is 1.57. The first-order valence-electron chi connectivity index (χ1n) is 8.10. The number of ketones is 1. The molecule has 26 heavy (non-hydrogen) atoms. The molecule has 6 heteroatoms. The Kier molecular flexibility index (Phi) is 4.33. The van der Waals surface area contributed by atoms with E-state index >= 15 is 0 Å². The third-order valence-electron chi connectivity index (χ3n) is 4.13. The van der Waals surface area contributed by atoms with Crippen molar-refractivity contribution < 1.29 is 9.59 Å². The Labute approximate surface area is 153 Å². The lowest BCUT2D eigenvalue weighted by Gasteiger charge is -2.05. The normalized spacial score (nSPS) is 10.8. The summed E-state index contributed by atoms with van der Waals surface area (Å²) in [5.41, 5.74) is 3.17. The highest BCUT2D eigenvalue weighted by atomic mass is 32.1. The minimum absolute atomic E-state index is 0.297. The van der Waals surface area contributed by atoms with Crippen LogP contribution >= 0.6 is 11.3 Å². The summed E-state index contributed by atoms with van der Waals surface area (Å²) in [6.45, 7) is 0.297. The van der Waals surface area contributed by atoms with Gasteiger partial charge in [-0.25, -0.2) is 4.98 Å². The summed E-state index contributed by atoms with van der Waals surface area (Å²) in [7, 11) is 0. The quantitative estimate of drug-likeness (QED) is 0.419. The van der Waals surface area contributed by atoms with Crippen LogP contribution in [0.15, 0.2) is 66.3 Å². The molecular formula is C20H15N3O2S. The van der Waals surface area contributed by atoms with Crippen molar-refractivity contribution in [3.63, 3.8) is 0 Å². The highest BCUT2D eigenvalue weighted by Crippen LogP contribution is 2.22. The SMILES string of the molecule is O=C(NCc1ccc(-c2nccs2)cc1)C(=O)c1c[nH]c2ccccc12. The molecule has 4 aromatic rings. The maximum Gasteiger partial charge on any atom is 0.292 e. The van der Waals surface area contributed by atoms with Crippen molar-refractivity contribution in [1.82, 2.24) is 15.3 Å². The summed E-state index contributed by atoms with van der Waals surface area (Å²) in [5.74, 6) is -1.15. The van der Waals surface area contributed by atoms with Gasteiger partial charge >= 0.3 is 0 Å². The Morgan fingerprint density at radius 2 is 1.88 bits per heavy atom. The number of aromatic nitrogens is 2. The number of para-hydroxylation sites is 1. The fourth-order valence-corrected chi connectivity index (χ4v) is 3.42. The van der Waals surface area contributed by atoms with E-state index in [1.54, 1.807) is 23.7 Å². The van der Waals surface area contributed by atoms with E-state index in [9.17, 15) is 9.59 Å². The Bertz CT molecular complexity index is 1070. The number of hydrogen-bond acceptors (Lipinski definition) is 4. The van der Waals surface area contributed by atoms with Crippen LogP contribution in [0.2, 0.25) is 0 Å². The first-order chi connectivity index (χ1) is 12.7.